The Morgan fingerprint density at radius 1 is 1.33 bits per heavy atom. The van der Waals surface area contributed by atoms with E-state index in [0.29, 0.717) is 0 Å². The van der Waals surface area contributed by atoms with Crippen LogP contribution in [0.1, 0.15) is 11.9 Å². The van der Waals surface area contributed by atoms with Crippen molar-refractivity contribution >= 4 is 0 Å². The molecule has 0 fully saturated rings. The summed E-state index contributed by atoms with van der Waals surface area (Å²) in [5.74, 6) is 0. The van der Waals surface area contributed by atoms with Gasteiger partial charge in [0, 0.05) is 12.7 Å². The predicted molar refractivity (Wildman–Crippen MR) is 42.9 cm³/mol. The van der Waals surface area contributed by atoms with Crippen molar-refractivity contribution in [3.8, 4) is 6.26 Å². The lowest BCUT2D eigenvalue weighted by atomic mass is 10.2. The lowest BCUT2D eigenvalue weighted by Crippen LogP contribution is -2.02. The normalized spacial score (nSPS) is 11.7. The lowest BCUT2D eigenvalue weighted by Gasteiger charge is -2.10. The van der Waals surface area contributed by atoms with E-state index in [-0.39, 0.29) is 0 Å². The van der Waals surface area contributed by atoms with Crippen LogP contribution in [0, 0.1) is 11.5 Å². The summed E-state index contributed by atoms with van der Waals surface area (Å²) in [5, 5.41) is 8.28. The van der Waals surface area contributed by atoms with Gasteiger partial charge in [0.2, 0.25) is 6.29 Å². The van der Waals surface area contributed by atoms with Gasteiger partial charge in [-0.15, -0.1) is 0 Å². The summed E-state index contributed by atoms with van der Waals surface area (Å²) in [4.78, 5) is 0. The van der Waals surface area contributed by atoms with E-state index >= 15 is 0 Å². The van der Waals surface area contributed by atoms with Crippen molar-refractivity contribution < 1.29 is 9.47 Å². The first-order valence-electron chi connectivity index (χ1n) is 3.51. The second-order valence-electron chi connectivity index (χ2n) is 2.19. The molecule has 0 amide bonds. The molecule has 0 aromatic heterocycles. The summed E-state index contributed by atoms with van der Waals surface area (Å²) in [6.45, 7) is 0. The number of hydrogen-bond acceptors (Lipinski definition) is 3. The van der Waals surface area contributed by atoms with Crippen LogP contribution in [0.4, 0.5) is 0 Å². The second kappa shape index (κ2) is 4.37. The van der Waals surface area contributed by atoms with Gasteiger partial charge in [0.05, 0.1) is 0 Å². The zero-order valence-corrected chi connectivity index (χ0v) is 6.73. The van der Waals surface area contributed by atoms with Crippen molar-refractivity contribution in [1.82, 2.24) is 0 Å². The van der Waals surface area contributed by atoms with Crippen LogP contribution in [-0.4, -0.2) is 7.11 Å². The van der Waals surface area contributed by atoms with Crippen molar-refractivity contribution in [3.63, 3.8) is 0 Å². The summed E-state index contributed by atoms with van der Waals surface area (Å²) in [6, 6.07) is 9.30. The topological polar surface area (TPSA) is 42.2 Å². The van der Waals surface area contributed by atoms with Gasteiger partial charge in [0.1, 0.15) is 0 Å². The van der Waals surface area contributed by atoms with Crippen LogP contribution < -0.4 is 0 Å². The van der Waals surface area contributed by atoms with Crippen molar-refractivity contribution in [2.45, 2.75) is 6.29 Å². The van der Waals surface area contributed by atoms with Gasteiger partial charge in [-0.1, -0.05) is 30.3 Å². The lowest BCUT2D eigenvalue weighted by molar-refractivity contribution is -0.0778. The number of benzene rings is 1. The van der Waals surface area contributed by atoms with Crippen LogP contribution in [0.3, 0.4) is 0 Å². The minimum Gasteiger partial charge on any atom is -0.391 e. The fourth-order valence-electron chi connectivity index (χ4n) is 0.910. The molecule has 3 heteroatoms. The van der Waals surface area contributed by atoms with Gasteiger partial charge in [-0.2, -0.15) is 5.26 Å². The highest BCUT2D eigenvalue weighted by Gasteiger charge is 2.09. The van der Waals surface area contributed by atoms with Crippen LogP contribution >= 0.6 is 0 Å². The van der Waals surface area contributed by atoms with Crippen LogP contribution in [0.2, 0.25) is 0 Å². The van der Waals surface area contributed by atoms with E-state index < -0.39 is 6.29 Å². The molecule has 0 aliphatic heterocycles. The molecule has 0 heterocycles. The zero-order chi connectivity index (χ0) is 8.81. The minimum atomic E-state index is -0.587. The van der Waals surface area contributed by atoms with Crippen LogP contribution in [0.5, 0.6) is 0 Å². The maximum atomic E-state index is 8.28. The number of hydrogen-bond donors (Lipinski definition) is 0. The quantitative estimate of drug-likeness (QED) is 0.504. The molecule has 0 spiro atoms. The smallest absolute Gasteiger partial charge is 0.289 e. The standard InChI is InChI=1S/C9H9NO2/c1-11-9(12-7-10)8-5-3-2-4-6-8/h2-6,9H,1H3. The summed E-state index contributed by atoms with van der Waals surface area (Å²) in [6.07, 6.45) is 1.01. The van der Waals surface area contributed by atoms with Crippen molar-refractivity contribution in [1.29, 1.82) is 5.26 Å². The average Bonchev–Trinajstić information content (AvgIpc) is 2.15. The SMILES string of the molecule is COC(OC#N)c1ccccc1. The molecule has 0 N–H and O–H groups in total. The highest BCUT2D eigenvalue weighted by Crippen LogP contribution is 2.16. The van der Waals surface area contributed by atoms with Gasteiger partial charge < -0.3 is 9.47 Å². The summed E-state index contributed by atoms with van der Waals surface area (Å²) in [7, 11) is 1.50. The average molecular weight is 163 g/mol. The van der Waals surface area contributed by atoms with E-state index in [2.05, 4.69) is 4.74 Å². The summed E-state index contributed by atoms with van der Waals surface area (Å²) < 4.78 is 9.59. The molecule has 1 aromatic carbocycles. The Hall–Kier alpha value is -1.53. The molecular weight excluding hydrogens is 154 g/mol. The molecule has 1 atom stereocenters. The third kappa shape index (κ3) is 1.97. The molecular formula is C9H9NO2. The third-order valence-corrected chi connectivity index (χ3v) is 1.45. The molecule has 0 aliphatic carbocycles. The van der Waals surface area contributed by atoms with Crippen molar-refractivity contribution in [2.24, 2.45) is 0 Å². The summed E-state index contributed by atoms with van der Waals surface area (Å²) >= 11 is 0. The summed E-state index contributed by atoms with van der Waals surface area (Å²) in [5.41, 5.74) is 0.835. The molecule has 1 aromatic rings. The van der Waals surface area contributed by atoms with E-state index in [4.69, 9.17) is 10.00 Å². The fourth-order valence-corrected chi connectivity index (χ4v) is 0.910. The number of ether oxygens (including phenoxy) is 2. The first-order valence-corrected chi connectivity index (χ1v) is 3.51. The van der Waals surface area contributed by atoms with E-state index in [1.807, 2.05) is 30.3 Å². The van der Waals surface area contributed by atoms with Gasteiger partial charge in [0.25, 0.3) is 6.26 Å². The molecule has 1 unspecified atom stereocenters. The van der Waals surface area contributed by atoms with Crippen molar-refractivity contribution in [2.75, 3.05) is 7.11 Å². The van der Waals surface area contributed by atoms with Gasteiger partial charge in [-0.25, -0.2) is 0 Å². The molecule has 0 saturated heterocycles. The Labute approximate surface area is 71.1 Å². The largest absolute Gasteiger partial charge is 0.391 e. The Morgan fingerprint density at radius 3 is 2.50 bits per heavy atom. The predicted octanol–water partition coefficient (Wildman–Crippen LogP) is 1.83. The second-order valence-corrected chi connectivity index (χ2v) is 2.19. The van der Waals surface area contributed by atoms with E-state index in [1.165, 1.54) is 7.11 Å². The van der Waals surface area contributed by atoms with Crippen LogP contribution in [0.15, 0.2) is 30.3 Å². The maximum absolute atomic E-state index is 8.28. The van der Waals surface area contributed by atoms with Gasteiger partial charge in [-0.05, 0) is 0 Å². The van der Waals surface area contributed by atoms with E-state index in [0.717, 1.165) is 5.56 Å². The van der Waals surface area contributed by atoms with E-state index in [9.17, 15) is 0 Å². The molecule has 12 heavy (non-hydrogen) atoms. The molecule has 62 valence electrons. The van der Waals surface area contributed by atoms with Gasteiger partial charge in [-0.3, -0.25) is 0 Å². The highest BCUT2D eigenvalue weighted by atomic mass is 16.7. The number of methoxy groups -OCH3 is 1. The number of nitriles is 1. The number of rotatable bonds is 3. The Morgan fingerprint density at radius 2 is 2.00 bits per heavy atom. The zero-order valence-electron chi connectivity index (χ0n) is 6.73. The number of nitrogens with zero attached hydrogens (tertiary/aromatic N) is 1. The highest BCUT2D eigenvalue weighted by molar-refractivity contribution is 5.16. The molecule has 0 bridgehead atoms. The Balaban J connectivity index is 2.75. The Kier molecular flexibility index (Phi) is 3.12. The fraction of sp³-hybridized carbons (Fsp3) is 0.222. The maximum Gasteiger partial charge on any atom is 0.289 e. The van der Waals surface area contributed by atoms with Crippen LogP contribution in [-0.2, 0) is 9.47 Å². The molecule has 0 saturated carbocycles. The third-order valence-electron chi connectivity index (χ3n) is 1.45. The molecule has 3 nitrogen and oxygen atoms in total. The molecule has 0 aliphatic rings. The first kappa shape index (κ1) is 8.57. The Bertz CT molecular complexity index is 266. The minimum absolute atomic E-state index is 0.587. The van der Waals surface area contributed by atoms with Crippen LogP contribution in [0.25, 0.3) is 0 Å². The molecule has 1 rings (SSSR count). The van der Waals surface area contributed by atoms with Crippen molar-refractivity contribution in [3.05, 3.63) is 35.9 Å². The van der Waals surface area contributed by atoms with E-state index in [1.54, 1.807) is 6.26 Å². The van der Waals surface area contributed by atoms with Gasteiger partial charge >= 0.3 is 0 Å². The monoisotopic (exact) mass is 163 g/mol. The molecule has 0 radical (unpaired) electrons. The van der Waals surface area contributed by atoms with Gasteiger partial charge in [0.15, 0.2) is 0 Å². The first-order chi connectivity index (χ1) is 5.88.